The number of aromatic nitrogens is 1. The molecular weight excluding hydrogens is 186 g/mol. The van der Waals surface area contributed by atoms with Crippen molar-refractivity contribution in [1.82, 2.24) is 4.98 Å². The average molecular weight is 205 g/mol. The number of ketones is 1. The van der Waals surface area contributed by atoms with E-state index in [9.17, 15) is 4.79 Å². The molecule has 1 N–H and O–H groups in total. The van der Waals surface area contributed by atoms with E-state index < -0.39 is 0 Å². The Bertz CT molecular complexity index is 327. The van der Waals surface area contributed by atoms with Crippen LogP contribution in [0.3, 0.4) is 0 Å². The van der Waals surface area contributed by atoms with Crippen molar-refractivity contribution < 1.29 is 4.79 Å². The highest BCUT2D eigenvalue weighted by Gasteiger charge is 2.08. The third kappa shape index (κ3) is 2.95. The monoisotopic (exact) mass is 205 g/mol. The van der Waals surface area contributed by atoms with Crippen LogP contribution < -0.4 is 0 Å². The Morgan fingerprint density at radius 3 is 2.33 bits per heavy atom. The number of H-pyrrole nitrogens is 1. The van der Waals surface area contributed by atoms with Gasteiger partial charge in [0.2, 0.25) is 0 Å². The molecule has 2 heterocycles. The van der Waals surface area contributed by atoms with E-state index in [0.717, 1.165) is 18.5 Å². The van der Waals surface area contributed by atoms with E-state index in [1.807, 2.05) is 6.07 Å². The molecular formula is C13H19NO. The Kier molecular flexibility index (Phi) is 3.59. The summed E-state index contributed by atoms with van der Waals surface area (Å²) in [6.07, 6.45) is 9.23. The molecule has 2 bridgehead atoms. The fourth-order valence-corrected chi connectivity index (χ4v) is 2.19. The summed E-state index contributed by atoms with van der Waals surface area (Å²) in [5.74, 6) is 0.279. The zero-order chi connectivity index (χ0) is 10.5. The van der Waals surface area contributed by atoms with Crippen LogP contribution in [-0.4, -0.2) is 10.8 Å². The van der Waals surface area contributed by atoms with Crippen molar-refractivity contribution in [1.29, 1.82) is 0 Å². The standard InChI is InChI=1S/C13H19NO/c15-13-8-6-4-2-1-3-5-7-11-9-10-12(13)14-11/h9-10,14H,1-8H2. The van der Waals surface area contributed by atoms with Crippen molar-refractivity contribution in [3.8, 4) is 0 Å². The van der Waals surface area contributed by atoms with Crippen LogP contribution in [0.4, 0.5) is 0 Å². The van der Waals surface area contributed by atoms with Crippen LogP contribution in [-0.2, 0) is 6.42 Å². The van der Waals surface area contributed by atoms with Crippen LogP contribution in [0.2, 0.25) is 0 Å². The van der Waals surface area contributed by atoms with Gasteiger partial charge in [-0.05, 0) is 31.4 Å². The van der Waals surface area contributed by atoms with Crippen molar-refractivity contribution in [2.75, 3.05) is 0 Å². The minimum absolute atomic E-state index is 0.279. The molecule has 0 amide bonds. The smallest absolute Gasteiger partial charge is 0.179 e. The highest BCUT2D eigenvalue weighted by atomic mass is 16.1. The fraction of sp³-hybridized carbons (Fsp3) is 0.615. The van der Waals surface area contributed by atoms with E-state index in [1.54, 1.807) is 0 Å². The normalized spacial score (nSPS) is 19.3. The highest BCUT2D eigenvalue weighted by molar-refractivity contribution is 5.94. The number of nitrogens with one attached hydrogen (secondary N) is 1. The first kappa shape index (κ1) is 10.5. The summed E-state index contributed by atoms with van der Waals surface area (Å²) >= 11 is 0. The molecule has 15 heavy (non-hydrogen) atoms. The summed E-state index contributed by atoms with van der Waals surface area (Å²) in [6.45, 7) is 0. The fourth-order valence-electron chi connectivity index (χ4n) is 2.19. The zero-order valence-corrected chi connectivity index (χ0v) is 9.22. The predicted octanol–water partition coefficient (Wildman–Crippen LogP) is 3.48. The topological polar surface area (TPSA) is 32.9 Å². The van der Waals surface area contributed by atoms with E-state index in [2.05, 4.69) is 11.1 Å². The third-order valence-electron chi connectivity index (χ3n) is 3.15. The largest absolute Gasteiger partial charge is 0.356 e. The number of carbonyl (C=O) groups excluding carboxylic acids is 1. The highest BCUT2D eigenvalue weighted by Crippen LogP contribution is 2.14. The second kappa shape index (κ2) is 5.15. The second-order valence-corrected chi connectivity index (χ2v) is 4.44. The lowest BCUT2D eigenvalue weighted by Crippen LogP contribution is -2.00. The maximum Gasteiger partial charge on any atom is 0.179 e. The molecule has 0 spiro atoms. The summed E-state index contributed by atoms with van der Waals surface area (Å²) in [4.78, 5) is 15.0. The first-order valence-corrected chi connectivity index (χ1v) is 6.07. The molecule has 2 rings (SSSR count). The van der Waals surface area contributed by atoms with E-state index >= 15 is 0 Å². The molecule has 0 unspecified atom stereocenters. The van der Waals surface area contributed by atoms with Crippen molar-refractivity contribution >= 4 is 5.78 Å². The molecule has 0 atom stereocenters. The van der Waals surface area contributed by atoms with Gasteiger partial charge >= 0.3 is 0 Å². The molecule has 1 aliphatic heterocycles. The minimum atomic E-state index is 0.279. The van der Waals surface area contributed by atoms with Crippen LogP contribution >= 0.6 is 0 Å². The lowest BCUT2D eigenvalue weighted by molar-refractivity contribution is 0.0974. The number of carbonyl (C=O) groups is 1. The Morgan fingerprint density at radius 1 is 0.867 bits per heavy atom. The van der Waals surface area contributed by atoms with Crippen LogP contribution in [0.1, 0.15) is 61.1 Å². The van der Waals surface area contributed by atoms with Crippen molar-refractivity contribution in [2.45, 2.75) is 51.4 Å². The molecule has 0 saturated carbocycles. The van der Waals surface area contributed by atoms with Gasteiger partial charge in [-0.15, -0.1) is 0 Å². The number of hydrogen-bond donors (Lipinski definition) is 1. The maximum atomic E-state index is 11.7. The summed E-state index contributed by atoms with van der Waals surface area (Å²) in [6, 6.07) is 4.00. The lowest BCUT2D eigenvalue weighted by Gasteiger charge is -2.03. The van der Waals surface area contributed by atoms with Gasteiger partial charge in [0.1, 0.15) is 0 Å². The Hall–Kier alpha value is -1.05. The van der Waals surface area contributed by atoms with E-state index in [1.165, 1.54) is 37.8 Å². The van der Waals surface area contributed by atoms with Crippen molar-refractivity contribution in [3.63, 3.8) is 0 Å². The van der Waals surface area contributed by atoms with Crippen LogP contribution in [0, 0.1) is 0 Å². The third-order valence-corrected chi connectivity index (χ3v) is 3.15. The molecule has 1 aliphatic rings. The lowest BCUT2D eigenvalue weighted by atomic mass is 10.1. The van der Waals surface area contributed by atoms with Gasteiger partial charge in [0.25, 0.3) is 0 Å². The quantitative estimate of drug-likeness (QED) is 0.691. The van der Waals surface area contributed by atoms with Crippen LogP contribution in [0.5, 0.6) is 0 Å². The number of aryl methyl sites for hydroxylation is 1. The van der Waals surface area contributed by atoms with Crippen molar-refractivity contribution in [3.05, 3.63) is 23.5 Å². The van der Waals surface area contributed by atoms with Gasteiger partial charge < -0.3 is 4.98 Å². The van der Waals surface area contributed by atoms with E-state index in [0.29, 0.717) is 6.42 Å². The number of hydrogen-bond acceptors (Lipinski definition) is 1. The van der Waals surface area contributed by atoms with E-state index in [4.69, 9.17) is 0 Å². The second-order valence-electron chi connectivity index (χ2n) is 4.44. The van der Waals surface area contributed by atoms with Crippen LogP contribution in [0.15, 0.2) is 12.1 Å². The number of fused-ring (bicyclic) bond motifs is 2. The van der Waals surface area contributed by atoms with Gasteiger partial charge in [-0.2, -0.15) is 0 Å². The van der Waals surface area contributed by atoms with Crippen LogP contribution in [0.25, 0.3) is 0 Å². The molecule has 2 nitrogen and oxygen atoms in total. The number of rotatable bonds is 0. The first-order chi connectivity index (χ1) is 7.36. The Labute approximate surface area is 91.1 Å². The number of aromatic amines is 1. The van der Waals surface area contributed by atoms with Gasteiger partial charge in [0.15, 0.2) is 5.78 Å². The predicted molar refractivity (Wildman–Crippen MR) is 61.1 cm³/mol. The first-order valence-electron chi connectivity index (χ1n) is 6.07. The average Bonchev–Trinajstić information content (AvgIpc) is 2.69. The van der Waals surface area contributed by atoms with Gasteiger partial charge in [0, 0.05) is 12.1 Å². The molecule has 0 fully saturated rings. The molecule has 0 aliphatic carbocycles. The van der Waals surface area contributed by atoms with Gasteiger partial charge in [-0.25, -0.2) is 0 Å². The Morgan fingerprint density at radius 2 is 1.53 bits per heavy atom. The van der Waals surface area contributed by atoms with Gasteiger partial charge in [-0.3, -0.25) is 4.79 Å². The molecule has 0 radical (unpaired) electrons. The summed E-state index contributed by atoms with van der Waals surface area (Å²) in [5.41, 5.74) is 2.03. The molecule has 2 heteroatoms. The van der Waals surface area contributed by atoms with E-state index in [-0.39, 0.29) is 5.78 Å². The maximum absolute atomic E-state index is 11.7. The summed E-state index contributed by atoms with van der Waals surface area (Å²) < 4.78 is 0. The Balaban J connectivity index is 2.05. The van der Waals surface area contributed by atoms with Gasteiger partial charge in [-0.1, -0.05) is 25.7 Å². The number of Topliss-reactive ketones (excluding diaryl/α,β-unsaturated/α-hetero) is 1. The SMILES string of the molecule is O=C1CCCCCCCCc2ccc1[nH]2. The molecule has 0 saturated heterocycles. The molecule has 1 aromatic rings. The molecule has 0 aromatic carbocycles. The summed E-state index contributed by atoms with van der Waals surface area (Å²) in [5, 5.41) is 0. The summed E-state index contributed by atoms with van der Waals surface area (Å²) in [7, 11) is 0. The van der Waals surface area contributed by atoms with Gasteiger partial charge in [0.05, 0.1) is 5.69 Å². The minimum Gasteiger partial charge on any atom is -0.356 e. The molecule has 1 aromatic heterocycles. The zero-order valence-electron chi connectivity index (χ0n) is 9.22. The molecule has 82 valence electrons. The van der Waals surface area contributed by atoms with Crippen molar-refractivity contribution in [2.24, 2.45) is 0 Å².